The first-order chi connectivity index (χ1) is 14.2. The van der Waals surface area contributed by atoms with Gasteiger partial charge in [-0.15, -0.1) is 0 Å². The van der Waals surface area contributed by atoms with E-state index in [1.54, 1.807) is 0 Å². The van der Waals surface area contributed by atoms with Gasteiger partial charge in [0.1, 0.15) is 4.90 Å². The van der Waals surface area contributed by atoms with Crippen molar-refractivity contribution in [2.45, 2.75) is 36.5 Å². The van der Waals surface area contributed by atoms with E-state index in [1.807, 2.05) is 0 Å². The van der Waals surface area contributed by atoms with Gasteiger partial charge in [-0.25, -0.2) is 0 Å². The second-order valence-electron chi connectivity index (χ2n) is 6.62. The molecule has 0 unspecified atom stereocenters. The number of nitro groups is 2. The number of hydrogen-bond donors (Lipinski definition) is 0. The van der Waals surface area contributed by atoms with Crippen molar-refractivity contribution in [3.63, 3.8) is 0 Å². The molecule has 1 atom stereocenters. The summed E-state index contributed by atoms with van der Waals surface area (Å²) in [5, 5.41) is 26.6. The molecule has 1 fully saturated rings. The van der Waals surface area contributed by atoms with E-state index in [2.05, 4.69) is 5.16 Å². The Labute approximate surface area is 176 Å². The molecule has 0 N–H and O–H groups in total. The van der Waals surface area contributed by atoms with Crippen LogP contribution in [-0.4, -0.2) is 24.0 Å². The lowest BCUT2D eigenvalue weighted by molar-refractivity contribution is -0.394. The van der Waals surface area contributed by atoms with Crippen LogP contribution < -0.4 is 0 Å². The van der Waals surface area contributed by atoms with Crippen LogP contribution in [0.3, 0.4) is 0 Å². The first-order valence-corrected chi connectivity index (χ1v) is 10.7. The van der Waals surface area contributed by atoms with Crippen LogP contribution in [0.1, 0.15) is 37.2 Å². The molecule has 3 rings (SSSR count). The highest BCUT2D eigenvalue weighted by atomic mass is 35.5. The molecule has 158 valence electrons. The summed E-state index contributed by atoms with van der Waals surface area (Å²) in [6.07, 6.45) is 2.30. The van der Waals surface area contributed by atoms with E-state index in [4.69, 9.17) is 15.9 Å². The Morgan fingerprint density at radius 2 is 1.73 bits per heavy atom. The number of nitrogens with zero attached hydrogens (tertiary/aromatic N) is 3. The average Bonchev–Trinajstić information content (AvgIpc) is 2.72. The van der Waals surface area contributed by atoms with Crippen molar-refractivity contribution in [3.8, 4) is 0 Å². The summed E-state index contributed by atoms with van der Waals surface area (Å²) >= 11 is 5.76. The van der Waals surface area contributed by atoms with Gasteiger partial charge in [0.05, 0.1) is 21.6 Å². The highest BCUT2D eigenvalue weighted by molar-refractivity contribution is 7.86. The zero-order chi connectivity index (χ0) is 21.9. The monoisotopic (exact) mass is 453 g/mol. The lowest BCUT2D eigenvalue weighted by Gasteiger charge is -2.23. The summed E-state index contributed by atoms with van der Waals surface area (Å²) in [7, 11) is -4.20. The molecule has 0 radical (unpaired) electrons. The zero-order valence-electron chi connectivity index (χ0n) is 15.4. The molecule has 0 bridgehead atoms. The van der Waals surface area contributed by atoms with Gasteiger partial charge in [-0.2, -0.15) is 8.42 Å². The minimum absolute atomic E-state index is 0.134. The lowest BCUT2D eigenvalue weighted by Crippen LogP contribution is -2.20. The number of oxime groups is 1. The molecule has 0 spiro atoms. The summed E-state index contributed by atoms with van der Waals surface area (Å²) < 4.78 is 29.6. The smallest absolute Gasteiger partial charge is 0.265 e. The molecule has 0 saturated heterocycles. The molecular weight excluding hydrogens is 438 g/mol. The minimum Gasteiger partial charge on any atom is -0.265 e. The fraction of sp³-hybridized carbons (Fsp3) is 0.278. The van der Waals surface area contributed by atoms with Crippen LogP contribution in [0.2, 0.25) is 5.02 Å². The topological polar surface area (TPSA) is 142 Å². The Kier molecular flexibility index (Phi) is 6.32. The Morgan fingerprint density at radius 1 is 1.03 bits per heavy atom. The SMILES string of the molecule is O=[N+]([O-])c1ccc([C@@H]2CCCC/C2=N\OS(=O)(=O)c2ccc(Cl)cc2)c([N+](=O)[O-])c1. The molecule has 12 heteroatoms. The molecule has 1 aliphatic rings. The quantitative estimate of drug-likeness (QED) is 0.460. The first-order valence-electron chi connectivity index (χ1n) is 8.88. The van der Waals surface area contributed by atoms with Crippen LogP contribution in [0.15, 0.2) is 52.5 Å². The highest BCUT2D eigenvalue weighted by Gasteiger charge is 2.31. The summed E-state index contributed by atoms with van der Waals surface area (Å²) in [6.45, 7) is 0. The van der Waals surface area contributed by atoms with Gasteiger partial charge in [0.2, 0.25) is 0 Å². The number of halogens is 1. The van der Waals surface area contributed by atoms with Gasteiger partial charge in [0.15, 0.2) is 0 Å². The van der Waals surface area contributed by atoms with E-state index < -0.39 is 37.3 Å². The lowest BCUT2D eigenvalue weighted by atomic mass is 9.81. The maximum atomic E-state index is 12.4. The van der Waals surface area contributed by atoms with E-state index in [0.717, 1.165) is 12.5 Å². The number of non-ortho nitro benzene ring substituents is 1. The molecule has 0 aliphatic heterocycles. The molecule has 30 heavy (non-hydrogen) atoms. The van der Waals surface area contributed by atoms with E-state index in [0.29, 0.717) is 30.0 Å². The molecule has 2 aromatic rings. The standard InChI is InChI=1S/C18H16ClN3O7S/c19-12-5-8-14(9-6-12)30(27,28)29-20-17-4-2-1-3-15(17)16-10-7-13(21(23)24)11-18(16)22(25)26/h5-11,15H,1-4H2/b20-17+/t15-/m0/s1. The Bertz CT molecular complexity index is 1120. The number of nitro benzene ring substituents is 2. The van der Waals surface area contributed by atoms with Gasteiger partial charge in [-0.05, 0) is 49.6 Å². The average molecular weight is 454 g/mol. The van der Waals surface area contributed by atoms with Crippen molar-refractivity contribution < 1.29 is 22.5 Å². The van der Waals surface area contributed by atoms with Crippen molar-refractivity contribution in [1.29, 1.82) is 0 Å². The maximum Gasteiger partial charge on any atom is 0.358 e. The van der Waals surface area contributed by atoms with Crippen molar-refractivity contribution in [2.75, 3.05) is 0 Å². The number of rotatable bonds is 6. The second-order valence-corrected chi connectivity index (χ2v) is 8.59. The third kappa shape index (κ3) is 4.74. The van der Waals surface area contributed by atoms with Crippen molar-refractivity contribution in [1.82, 2.24) is 0 Å². The van der Waals surface area contributed by atoms with Gasteiger partial charge in [0, 0.05) is 22.6 Å². The van der Waals surface area contributed by atoms with Crippen LogP contribution in [0.4, 0.5) is 11.4 Å². The summed E-state index contributed by atoms with van der Waals surface area (Å²) in [4.78, 5) is 20.9. The van der Waals surface area contributed by atoms with Crippen molar-refractivity contribution >= 4 is 38.8 Å². The predicted octanol–water partition coefficient (Wildman–Crippen LogP) is 4.58. The summed E-state index contributed by atoms with van der Waals surface area (Å²) in [5.74, 6) is -0.583. The zero-order valence-corrected chi connectivity index (χ0v) is 17.0. The first kappa shape index (κ1) is 21.7. The van der Waals surface area contributed by atoms with Crippen LogP contribution in [0.25, 0.3) is 0 Å². The molecule has 10 nitrogen and oxygen atoms in total. The van der Waals surface area contributed by atoms with Crippen LogP contribution in [-0.2, 0) is 14.4 Å². The maximum absolute atomic E-state index is 12.4. The van der Waals surface area contributed by atoms with Gasteiger partial charge in [0.25, 0.3) is 11.4 Å². The normalized spacial score (nSPS) is 18.2. The summed E-state index contributed by atoms with van der Waals surface area (Å²) in [6, 6.07) is 8.74. The van der Waals surface area contributed by atoms with E-state index in [1.165, 1.54) is 36.4 Å². The summed E-state index contributed by atoms with van der Waals surface area (Å²) in [5.41, 5.74) is -0.252. The largest absolute Gasteiger partial charge is 0.358 e. The Hall–Kier alpha value is -3.05. The van der Waals surface area contributed by atoms with E-state index >= 15 is 0 Å². The molecule has 2 aromatic carbocycles. The number of benzene rings is 2. The fourth-order valence-corrected chi connectivity index (χ4v) is 4.15. The van der Waals surface area contributed by atoms with Crippen molar-refractivity contribution in [3.05, 3.63) is 73.3 Å². The molecule has 0 aromatic heterocycles. The molecule has 1 saturated carbocycles. The molecule has 1 aliphatic carbocycles. The van der Waals surface area contributed by atoms with Gasteiger partial charge in [-0.1, -0.05) is 23.2 Å². The minimum atomic E-state index is -4.20. The van der Waals surface area contributed by atoms with Crippen molar-refractivity contribution in [2.24, 2.45) is 5.16 Å². The third-order valence-electron chi connectivity index (χ3n) is 4.73. The predicted molar refractivity (Wildman–Crippen MR) is 108 cm³/mol. The molecule has 0 amide bonds. The second kappa shape index (κ2) is 8.76. The third-order valence-corrected chi connectivity index (χ3v) is 6.10. The fourth-order valence-electron chi connectivity index (χ4n) is 3.28. The van der Waals surface area contributed by atoms with Crippen LogP contribution in [0, 0.1) is 20.2 Å². The van der Waals surface area contributed by atoms with Crippen LogP contribution >= 0.6 is 11.6 Å². The van der Waals surface area contributed by atoms with Crippen LogP contribution in [0.5, 0.6) is 0 Å². The Balaban J connectivity index is 1.94. The van der Waals surface area contributed by atoms with Gasteiger partial charge < -0.3 is 0 Å². The molecule has 0 heterocycles. The molecular formula is C18H16ClN3O7S. The van der Waals surface area contributed by atoms with E-state index in [9.17, 15) is 28.6 Å². The van der Waals surface area contributed by atoms with Gasteiger partial charge in [-0.3, -0.25) is 24.5 Å². The Morgan fingerprint density at radius 3 is 2.37 bits per heavy atom. The number of hydrogen-bond acceptors (Lipinski definition) is 8. The van der Waals surface area contributed by atoms with Gasteiger partial charge >= 0.3 is 10.1 Å². The van der Waals surface area contributed by atoms with E-state index in [-0.39, 0.29) is 10.5 Å². The highest BCUT2D eigenvalue weighted by Crippen LogP contribution is 2.38.